The van der Waals surface area contributed by atoms with Gasteiger partial charge in [0.2, 0.25) is 5.91 Å². The summed E-state index contributed by atoms with van der Waals surface area (Å²) in [5, 5.41) is 9.84. The monoisotopic (exact) mass is 277 g/mol. The minimum atomic E-state index is -0.561. The average molecular weight is 277 g/mol. The van der Waals surface area contributed by atoms with Crippen LogP contribution in [0.1, 0.15) is 31.4 Å². The SMILES string of the molecule is COc1ccc2c(c1)CN(C(=O)CC(O)C(C)C)CC2. The first kappa shape index (κ1) is 14.9. The molecule has 0 aromatic heterocycles. The van der Waals surface area contributed by atoms with Crippen LogP contribution in [0, 0.1) is 5.92 Å². The minimum Gasteiger partial charge on any atom is -0.497 e. The third kappa shape index (κ3) is 3.31. The van der Waals surface area contributed by atoms with Gasteiger partial charge in [0, 0.05) is 13.1 Å². The normalized spacial score (nSPS) is 15.9. The van der Waals surface area contributed by atoms with Crippen LogP contribution in [0.25, 0.3) is 0 Å². The molecule has 1 aliphatic heterocycles. The molecule has 110 valence electrons. The van der Waals surface area contributed by atoms with Gasteiger partial charge < -0.3 is 14.7 Å². The van der Waals surface area contributed by atoms with E-state index >= 15 is 0 Å². The van der Waals surface area contributed by atoms with Crippen LogP contribution in [0.4, 0.5) is 0 Å². The molecule has 1 aromatic rings. The van der Waals surface area contributed by atoms with Crippen LogP contribution in [0.5, 0.6) is 5.75 Å². The predicted octanol–water partition coefficient (Wildman–Crippen LogP) is 1.99. The Bertz CT molecular complexity index is 485. The number of benzene rings is 1. The van der Waals surface area contributed by atoms with E-state index in [0.29, 0.717) is 6.54 Å². The van der Waals surface area contributed by atoms with Crippen LogP contribution < -0.4 is 4.74 Å². The number of carbonyl (C=O) groups is 1. The summed E-state index contributed by atoms with van der Waals surface area (Å²) < 4.78 is 5.23. The van der Waals surface area contributed by atoms with Crippen molar-refractivity contribution < 1.29 is 14.6 Å². The fourth-order valence-corrected chi connectivity index (χ4v) is 2.42. The molecule has 1 heterocycles. The van der Waals surface area contributed by atoms with Crippen molar-refractivity contribution in [1.29, 1.82) is 0 Å². The van der Waals surface area contributed by atoms with Gasteiger partial charge in [0.1, 0.15) is 5.75 Å². The maximum Gasteiger partial charge on any atom is 0.225 e. The van der Waals surface area contributed by atoms with E-state index in [1.54, 1.807) is 7.11 Å². The zero-order valence-electron chi connectivity index (χ0n) is 12.4. The molecular formula is C16H23NO3. The van der Waals surface area contributed by atoms with Gasteiger partial charge in [0.25, 0.3) is 0 Å². The van der Waals surface area contributed by atoms with Gasteiger partial charge >= 0.3 is 0 Å². The van der Waals surface area contributed by atoms with Crippen molar-refractivity contribution in [3.63, 3.8) is 0 Å². The highest BCUT2D eigenvalue weighted by Gasteiger charge is 2.23. The average Bonchev–Trinajstić information content (AvgIpc) is 2.45. The van der Waals surface area contributed by atoms with Crippen LogP contribution in [-0.2, 0) is 17.8 Å². The molecule has 0 fully saturated rings. The van der Waals surface area contributed by atoms with Gasteiger partial charge in [-0.2, -0.15) is 0 Å². The largest absolute Gasteiger partial charge is 0.497 e. The number of aliphatic hydroxyl groups is 1. The van der Waals surface area contributed by atoms with Gasteiger partial charge in [0.15, 0.2) is 0 Å². The van der Waals surface area contributed by atoms with Crippen LogP contribution in [0.15, 0.2) is 18.2 Å². The highest BCUT2D eigenvalue weighted by atomic mass is 16.5. The first-order valence-electron chi connectivity index (χ1n) is 7.13. The number of hydrogen-bond donors (Lipinski definition) is 1. The van der Waals surface area contributed by atoms with Crippen molar-refractivity contribution in [1.82, 2.24) is 4.90 Å². The molecule has 20 heavy (non-hydrogen) atoms. The fourth-order valence-electron chi connectivity index (χ4n) is 2.42. The van der Waals surface area contributed by atoms with Crippen molar-refractivity contribution in [2.45, 2.75) is 39.3 Å². The molecule has 0 spiro atoms. The summed E-state index contributed by atoms with van der Waals surface area (Å²) in [6, 6.07) is 6.02. The summed E-state index contributed by atoms with van der Waals surface area (Å²) in [7, 11) is 1.65. The molecule has 1 N–H and O–H groups in total. The molecule has 1 amide bonds. The molecule has 0 saturated carbocycles. The van der Waals surface area contributed by atoms with Crippen LogP contribution >= 0.6 is 0 Å². The Hall–Kier alpha value is -1.55. The maximum absolute atomic E-state index is 12.2. The minimum absolute atomic E-state index is 0.0275. The van der Waals surface area contributed by atoms with Gasteiger partial charge in [-0.1, -0.05) is 19.9 Å². The highest BCUT2D eigenvalue weighted by Crippen LogP contribution is 2.24. The predicted molar refractivity (Wildman–Crippen MR) is 77.6 cm³/mol. The standard InChI is InChI=1S/C16H23NO3/c1-11(2)15(18)9-16(19)17-7-6-12-4-5-14(20-3)8-13(12)10-17/h4-5,8,11,15,18H,6-7,9-10H2,1-3H3. The Morgan fingerprint density at radius 2 is 2.15 bits per heavy atom. The number of nitrogens with zero attached hydrogens (tertiary/aromatic N) is 1. The molecule has 0 saturated heterocycles. The Labute approximate surface area is 120 Å². The molecule has 2 rings (SSSR count). The van der Waals surface area contributed by atoms with Crippen LogP contribution in [-0.4, -0.2) is 35.7 Å². The fraction of sp³-hybridized carbons (Fsp3) is 0.562. The number of carbonyl (C=O) groups excluding carboxylic acids is 1. The number of aliphatic hydroxyl groups excluding tert-OH is 1. The molecular weight excluding hydrogens is 254 g/mol. The highest BCUT2D eigenvalue weighted by molar-refractivity contribution is 5.77. The zero-order chi connectivity index (χ0) is 14.7. The van der Waals surface area contributed by atoms with E-state index < -0.39 is 6.10 Å². The van der Waals surface area contributed by atoms with Gasteiger partial charge in [-0.25, -0.2) is 0 Å². The second-order valence-corrected chi connectivity index (χ2v) is 5.72. The van der Waals surface area contributed by atoms with Gasteiger partial charge in [-0.15, -0.1) is 0 Å². The first-order valence-corrected chi connectivity index (χ1v) is 7.13. The summed E-state index contributed by atoms with van der Waals surface area (Å²) in [6.07, 6.45) is 0.508. The lowest BCUT2D eigenvalue weighted by Crippen LogP contribution is -2.38. The van der Waals surface area contributed by atoms with Gasteiger partial charge in [-0.3, -0.25) is 4.79 Å². The molecule has 4 nitrogen and oxygen atoms in total. The lowest BCUT2D eigenvalue weighted by Gasteiger charge is -2.30. The van der Waals surface area contributed by atoms with Crippen molar-refractivity contribution in [2.24, 2.45) is 5.92 Å². The van der Waals surface area contributed by atoms with E-state index in [4.69, 9.17) is 4.74 Å². The van der Waals surface area contributed by atoms with Crippen molar-refractivity contribution >= 4 is 5.91 Å². The van der Waals surface area contributed by atoms with Crippen molar-refractivity contribution in [3.8, 4) is 5.75 Å². The number of rotatable bonds is 4. The maximum atomic E-state index is 12.2. The summed E-state index contributed by atoms with van der Waals surface area (Å²) in [5.74, 6) is 0.955. The number of hydrogen-bond acceptors (Lipinski definition) is 3. The number of amides is 1. The third-order valence-electron chi connectivity index (χ3n) is 3.93. The van der Waals surface area contributed by atoms with Crippen LogP contribution in [0.3, 0.4) is 0 Å². The Balaban J connectivity index is 2.04. The second-order valence-electron chi connectivity index (χ2n) is 5.72. The summed E-state index contributed by atoms with van der Waals surface area (Å²) in [5.41, 5.74) is 2.42. The molecule has 4 heteroatoms. The number of methoxy groups -OCH3 is 1. The molecule has 0 radical (unpaired) electrons. The lowest BCUT2D eigenvalue weighted by atomic mass is 9.98. The van der Waals surface area contributed by atoms with Crippen LogP contribution in [0.2, 0.25) is 0 Å². The third-order valence-corrected chi connectivity index (χ3v) is 3.93. The van der Waals surface area contributed by atoms with Crippen molar-refractivity contribution in [3.05, 3.63) is 29.3 Å². The quantitative estimate of drug-likeness (QED) is 0.915. The van der Waals surface area contributed by atoms with E-state index in [1.165, 1.54) is 5.56 Å². The molecule has 0 aliphatic carbocycles. The Kier molecular flexibility index (Phi) is 4.65. The van der Waals surface area contributed by atoms with E-state index in [2.05, 4.69) is 6.07 Å². The van der Waals surface area contributed by atoms with E-state index in [1.807, 2.05) is 30.9 Å². The molecule has 1 aliphatic rings. The Morgan fingerprint density at radius 3 is 2.80 bits per heavy atom. The zero-order valence-corrected chi connectivity index (χ0v) is 12.4. The smallest absolute Gasteiger partial charge is 0.225 e. The summed E-state index contributed by atoms with van der Waals surface area (Å²) in [6.45, 7) is 5.18. The van der Waals surface area contributed by atoms with Gasteiger partial charge in [-0.05, 0) is 35.6 Å². The van der Waals surface area contributed by atoms with E-state index in [-0.39, 0.29) is 18.2 Å². The van der Waals surface area contributed by atoms with Crippen molar-refractivity contribution in [2.75, 3.05) is 13.7 Å². The molecule has 1 unspecified atom stereocenters. The van der Waals surface area contributed by atoms with Gasteiger partial charge in [0.05, 0.1) is 19.6 Å². The summed E-state index contributed by atoms with van der Waals surface area (Å²) >= 11 is 0. The second kappa shape index (κ2) is 6.27. The van der Waals surface area contributed by atoms with E-state index in [0.717, 1.165) is 24.3 Å². The number of fused-ring (bicyclic) bond motifs is 1. The Morgan fingerprint density at radius 1 is 1.40 bits per heavy atom. The lowest BCUT2D eigenvalue weighted by molar-refractivity contribution is -0.134. The molecule has 1 aromatic carbocycles. The topological polar surface area (TPSA) is 49.8 Å². The molecule has 1 atom stereocenters. The summed E-state index contributed by atoms with van der Waals surface area (Å²) in [4.78, 5) is 14.0. The van der Waals surface area contributed by atoms with E-state index in [9.17, 15) is 9.90 Å². The number of ether oxygens (including phenoxy) is 1. The molecule has 0 bridgehead atoms. The first-order chi connectivity index (χ1) is 9.51.